The third kappa shape index (κ3) is 5.43. The number of amides is 1. The van der Waals surface area contributed by atoms with E-state index < -0.39 is 0 Å². The maximum Gasteiger partial charge on any atom is 0.230 e. The first-order chi connectivity index (χ1) is 13.3. The molecule has 3 rings (SSSR count). The Hall–Kier alpha value is -2.12. The van der Waals surface area contributed by atoms with Crippen LogP contribution in [0.2, 0.25) is 0 Å². The van der Waals surface area contributed by atoms with Gasteiger partial charge >= 0.3 is 0 Å². The minimum absolute atomic E-state index is 0.0387. The highest BCUT2D eigenvalue weighted by atomic mass is 32.2. The second-order valence-corrected chi connectivity index (χ2v) is 8.04. The van der Waals surface area contributed by atoms with Crippen LogP contribution in [0.3, 0.4) is 0 Å². The molecule has 2 aromatic heterocycles. The smallest absolute Gasteiger partial charge is 0.230 e. The summed E-state index contributed by atoms with van der Waals surface area (Å²) in [6.45, 7) is 2.92. The van der Waals surface area contributed by atoms with Gasteiger partial charge in [-0.1, -0.05) is 62.2 Å². The van der Waals surface area contributed by atoms with Crippen LogP contribution in [0.1, 0.15) is 32.6 Å². The first-order valence-corrected chi connectivity index (χ1v) is 11.1. The first-order valence-electron chi connectivity index (χ1n) is 9.24. The van der Waals surface area contributed by atoms with Crippen molar-refractivity contribution in [2.24, 2.45) is 0 Å². The van der Waals surface area contributed by atoms with E-state index in [1.807, 2.05) is 52.4 Å². The minimum Gasteiger partial charge on any atom is -0.355 e. The Morgan fingerprint density at radius 2 is 1.96 bits per heavy atom. The van der Waals surface area contributed by atoms with Crippen LogP contribution in [0.5, 0.6) is 0 Å². The van der Waals surface area contributed by atoms with Gasteiger partial charge in [-0.2, -0.15) is 0 Å². The van der Waals surface area contributed by atoms with Crippen LogP contribution in [-0.4, -0.2) is 33.0 Å². The number of hydrogen-bond acceptors (Lipinski definition) is 5. The summed E-state index contributed by atoms with van der Waals surface area (Å²) in [5, 5.41) is 14.5. The van der Waals surface area contributed by atoms with Gasteiger partial charge in [-0.3, -0.25) is 9.36 Å². The van der Waals surface area contributed by atoms with E-state index >= 15 is 0 Å². The lowest BCUT2D eigenvalue weighted by molar-refractivity contribution is -0.118. The molecule has 0 atom stereocenters. The standard InChI is InChI=1S/C20H24N4OS2/c1-2-3-4-8-13-21-18(25)15-27-20-23-22-19(17-12-9-14-26-17)24(20)16-10-6-5-7-11-16/h5-7,9-12,14H,2-4,8,13,15H2,1H3,(H,21,25). The van der Waals surface area contributed by atoms with Crippen LogP contribution in [-0.2, 0) is 4.79 Å². The highest BCUT2D eigenvalue weighted by Crippen LogP contribution is 2.30. The van der Waals surface area contributed by atoms with Crippen molar-refractivity contribution in [3.63, 3.8) is 0 Å². The SMILES string of the molecule is CCCCCCNC(=O)CSc1nnc(-c2cccs2)n1-c1ccccc1. The molecular weight excluding hydrogens is 376 g/mol. The molecule has 142 valence electrons. The van der Waals surface area contributed by atoms with E-state index in [0.717, 1.165) is 40.9 Å². The summed E-state index contributed by atoms with van der Waals surface area (Å²) in [6.07, 6.45) is 4.62. The average molecular weight is 401 g/mol. The largest absolute Gasteiger partial charge is 0.355 e. The molecule has 0 spiro atoms. The Bertz CT molecular complexity index is 831. The highest BCUT2D eigenvalue weighted by molar-refractivity contribution is 7.99. The van der Waals surface area contributed by atoms with Crippen molar-refractivity contribution in [3.8, 4) is 16.4 Å². The first kappa shape index (κ1) is 19.6. The fourth-order valence-electron chi connectivity index (χ4n) is 2.70. The van der Waals surface area contributed by atoms with Gasteiger partial charge in [0.1, 0.15) is 0 Å². The van der Waals surface area contributed by atoms with Crippen molar-refractivity contribution in [3.05, 3.63) is 47.8 Å². The summed E-state index contributed by atoms with van der Waals surface area (Å²) in [5.74, 6) is 1.18. The van der Waals surface area contributed by atoms with Crippen molar-refractivity contribution in [1.82, 2.24) is 20.1 Å². The Morgan fingerprint density at radius 1 is 1.11 bits per heavy atom. The number of carbonyl (C=O) groups excluding carboxylic acids is 1. The second-order valence-electron chi connectivity index (χ2n) is 6.15. The third-order valence-corrected chi connectivity index (χ3v) is 5.87. The molecule has 27 heavy (non-hydrogen) atoms. The Morgan fingerprint density at radius 3 is 2.70 bits per heavy atom. The number of carbonyl (C=O) groups is 1. The number of unbranched alkanes of at least 4 members (excludes halogenated alkanes) is 3. The summed E-state index contributed by atoms with van der Waals surface area (Å²) in [4.78, 5) is 13.2. The van der Waals surface area contributed by atoms with Crippen LogP contribution in [0, 0.1) is 0 Å². The second kappa shape index (κ2) is 10.3. The highest BCUT2D eigenvalue weighted by Gasteiger charge is 2.17. The molecule has 1 amide bonds. The summed E-state index contributed by atoms with van der Waals surface area (Å²) >= 11 is 3.05. The zero-order valence-electron chi connectivity index (χ0n) is 15.4. The van der Waals surface area contributed by atoms with E-state index in [4.69, 9.17) is 0 Å². The third-order valence-electron chi connectivity index (χ3n) is 4.07. The van der Waals surface area contributed by atoms with Gasteiger partial charge in [0.25, 0.3) is 0 Å². The number of para-hydroxylation sites is 1. The van der Waals surface area contributed by atoms with Gasteiger partial charge in [-0.15, -0.1) is 21.5 Å². The van der Waals surface area contributed by atoms with Crippen molar-refractivity contribution in [1.29, 1.82) is 0 Å². The van der Waals surface area contributed by atoms with Crippen LogP contribution in [0.25, 0.3) is 16.4 Å². The predicted molar refractivity (Wildman–Crippen MR) is 113 cm³/mol. The molecule has 7 heteroatoms. The van der Waals surface area contributed by atoms with Crippen LogP contribution < -0.4 is 5.32 Å². The van der Waals surface area contributed by atoms with Gasteiger partial charge in [0.05, 0.1) is 10.6 Å². The molecule has 1 aromatic carbocycles. The van der Waals surface area contributed by atoms with Crippen molar-refractivity contribution in [2.75, 3.05) is 12.3 Å². The Kier molecular flexibility index (Phi) is 7.47. The average Bonchev–Trinajstić information content (AvgIpc) is 3.36. The molecule has 0 radical (unpaired) electrons. The fraction of sp³-hybridized carbons (Fsp3) is 0.350. The van der Waals surface area contributed by atoms with Gasteiger partial charge in [0, 0.05) is 12.2 Å². The van der Waals surface area contributed by atoms with Gasteiger partial charge < -0.3 is 5.32 Å². The van der Waals surface area contributed by atoms with Crippen molar-refractivity contribution >= 4 is 29.0 Å². The van der Waals surface area contributed by atoms with E-state index in [2.05, 4.69) is 22.4 Å². The Labute approximate surface area is 168 Å². The van der Waals surface area contributed by atoms with Gasteiger partial charge in [0.15, 0.2) is 11.0 Å². The maximum atomic E-state index is 12.1. The molecule has 0 bridgehead atoms. The molecule has 3 aromatic rings. The number of hydrogen-bond donors (Lipinski definition) is 1. The number of rotatable bonds is 10. The van der Waals surface area contributed by atoms with E-state index in [1.165, 1.54) is 24.6 Å². The normalized spacial score (nSPS) is 10.9. The molecule has 0 saturated carbocycles. The van der Waals surface area contributed by atoms with Crippen LogP contribution >= 0.6 is 23.1 Å². The lowest BCUT2D eigenvalue weighted by atomic mass is 10.2. The molecular formula is C20H24N4OS2. The lowest BCUT2D eigenvalue weighted by Gasteiger charge is -2.09. The van der Waals surface area contributed by atoms with E-state index in [9.17, 15) is 4.79 Å². The quantitative estimate of drug-likeness (QED) is 0.393. The van der Waals surface area contributed by atoms with E-state index in [1.54, 1.807) is 11.3 Å². The van der Waals surface area contributed by atoms with Gasteiger partial charge in [0.2, 0.25) is 5.91 Å². The van der Waals surface area contributed by atoms with Crippen LogP contribution in [0.15, 0.2) is 53.0 Å². The molecule has 0 saturated heterocycles. The molecule has 0 aliphatic carbocycles. The number of aromatic nitrogens is 3. The molecule has 1 N–H and O–H groups in total. The van der Waals surface area contributed by atoms with E-state index in [-0.39, 0.29) is 5.91 Å². The van der Waals surface area contributed by atoms with Crippen molar-refractivity contribution < 1.29 is 4.79 Å². The van der Waals surface area contributed by atoms with Gasteiger partial charge in [-0.25, -0.2) is 0 Å². The maximum absolute atomic E-state index is 12.1. The molecule has 0 aliphatic rings. The van der Waals surface area contributed by atoms with Gasteiger partial charge in [-0.05, 0) is 30.0 Å². The summed E-state index contributed by atoms with van der Waals surface area (Å²) < 4.78 is 2.02. The summed E-state index contributed by atoms with van der Waals surface area (Å²) in [6, 6.07) is 14.1. The molecule has 5 nitrogen and oxygen atoms in total. The monoisotopic (exact) mass is 400 g/mol. The van der Waals surface area contributed by atoms with E-state index in [0.29, 0.717) is 5.75 Å². The van der Waals surface area contributed by atoms with Crippen molar-refractivity contribution in [2.45, 2.75) is 37.8 Å². The van der Waals surface area contributed by atoms with Crippen LogP contribution in [0.4, 0.5) is 0 Å². The number of benzene rings is 1. The number of thiophene rings is 1. The zero-order chi connectivity index (χ0) is 18.9. The number of nitrogens with one attached hydrogen (secondary N) is 1. The predicted octanol–water partition coefficient (Wildman–Crippen LogP) is 4.78. The molecule has 0 fully saturated rings. The minimum atomic E-state index is 0.0387. The molecule has 2 heterocycles. The topological polar surface area (TPSA) is 59.8 Å². The molecule has 0 aliphatic heterocycles. The molecule has 0 unspecified atom stereocenters. The zero-order valence-corrected chi connectivity index (χ0v) is 17.1. The summed E-state index contributed by atoms with van der Waals surface area (Å²) in [7, 11) is 0. The number of thioether (sulfide) groups is 1. The number of nitrogens with zero attached hydrogens (tertiary/aromatic N) is 3. The lowest BCUT2D eigenvalue weighted by Crippen LogP contribution is -2.26. The fourth-order valence-corrected chi connectivity index (χ4v) is 4.18. The summed E-state index contributed by atoms with van der Waals surface area (Å²) in [5.41, 5.74) is 0.994. The Balaban J connectivity index is 1.68.